The molecule has 0 heterocycles. The van der Waals surface area contributed by atoms with Crippen LogP contribution in [0.3, 0.4) is 0 Å². The number of nitriles is 1. The third-order valence-electron chi connectivity index (χ3n) is 1.79. The van der Waals surface area contributed by atoms with Crippen molar-refractivity contribution >= 4 is 5.97 Å². The Morgan fingerprint density at radius 1 is 1.47 bits per heavy atom. The van der Waals surface area contributed by atoms with Crippen molar-refractivity contribution in [3.63, 3.8) is 0 Å². The van der Waals surface area contributed by atoms with Crippen molar-refractivity contribution in [2.45, 2.75) is 12.7 Å². The van der Waals surface area contributed by atoms with Gasteiger partial charge in [0.05, 0.1) is 0 Å². The summed E-state index contributed by atoms with van der Waals surface area (Å²) in [5, 5.41) is 8.52. The van der Waals surface area contributed by atoms with Crippen LogP contribution in [0.25, 0.3) is 0 Å². The standard InChI is InChI=1S/C11H11NO3/c1-14-10(7-12)11(13)15-8-9-5-3-2-4-6-9/h2-6,10H,8H2,1H3. The number of methoxy groups -OCH3 is 1. The van der Waals surface area contributed by atoms with Crippen LogP contribution in [-0.2, 0) is 20.9 Å². The number of nitrogens with zero attached hydrogens (tertiary/aromatic N) is 1. The zero-order valence-corrected chi connectivity index (χ0v) is 8.34. The second-order valence-electron chi connectivity index (χ2n) is 2.84. The molecule has 78 valence electrons. The summed E-state index contributed by atoms with van der Waals surface area (Å²) >= 11 is 0. The number of benzene rings is 1. The van der Waals surface area contributed by atoms with Crippen LogP contribution in [0.5, 0.6) is 0 Å². The van der Waals surface area contributed by atoms with Crippen LogP contribution in [0.1, 0.15) is 5.56 Å². The van der Waals surface area contributed by atoms with Gasteiger partial charge in [-0.3, -0.25) is 0 Å². The molecular formula is C11H11NO3. The Bertz CT molecular complexity index is 356. The van der Waals surface area contributed by atoms with Crippen LogP contribution in [0.2, 0.25) is 0 Å². The van der Waals surface area contributed by atoms with Gasteiger partial charge >= 0.3 is 5.97 Å². The SMILES string of the molecule is COC(C#N)C(=O)OCc1ccccc1. The summed E-state index contributed by atoms with van der Waals surface area (Å²) in [6.07, 6.45) is -1.14. The topological polar surface area (TPSA) is 59.3 Å². The molecule has 0 amide bonds. The number of hydrogen-bond donors (Lipinski definition) is 0. The second-order valence-corrected chi connectivity index (χ2v) is 2.84. The first-order valence-electron chi connectivity index (χ1n) is 4.41. The van der Waals surface area contributed by atoms with Crippen LogP contribution in [0, 0.1) is 11.3 Å². The van der Waals surface area contributed by atoms with E-state index in [4.69, 9.17) is 10.00 Å². The number of hydrogen-bond acceptors (Lipinski definition) is 4. The van der Waals surface area contributed by atoms with Crippen molar-refractivity contribution in [3.05, 3.63) is 35.9 Å². The van der Waals surface area contributed by atoms with E-state index in [2.05, 4.69) is 4.74 Å². The molecule has 1 atom stereocenters. The minimum Gasteiger partial charge on any atom is -0.458 e. The molecule has 0 saturated heterocycles. The molecule has 0 saturated carbocycles. The maximum absolute atomic E-state index is 11.2. The van der Waals surface area contributed by atoms with Gasteiger partial charge in [0.25, 0.3) is 0 Å². The molecule has 15 heavy (non-hydrogen) atoms. The Hall–Kier alpha value is -1.86. The Morgan fingerprint density at radius 3 is 2.67 bits per heavy atom. The summed E-state index contributed by atoms with van der Waals surface area (Å²) in [7, 11) is 1.29. The van der Waals surface area contributed by atoms with Gasteiger partial charge in [-0.1, -0.05) is 30.3 Å². The van der Waals surface area contributed by atoms with Gasteiger partial charge in [-0.2, -0.15) is 5.26 Å². The van der Waals surface area contributed by atoms with Crippen molar-refractivity contribution in [2.75, 3.05) is 7.11 Å². The van der Waals surface area contributed by atoms with Gasteiger partial charge in [0.15, 0.2) is 0 Å². The highest BCUT2D eigenvalue weighted by atomic mass is 16.6. The minimum atomic E-state index is -1.14. The van der Waals surface area contributed by atoms with Crippen molar-refractivity contribution in [1.29, 1.82) is 5.26 Å². The van der Waals surface area contributed by atoms with E-state index in [0.29, 0.717) is 0 Å². The molecule has 0 spiro atoms. The maximum Gasteiger partial charge on any atom is 0.350 e. The molecule has 1 aromatic rings. The van der Waals surface area contributed by atoms with E-state index >= 15 is 0 Å². The van der Waals surface area contributed by atoms with E-state index in [1.165, 1.54) is 7.11 Å². The molecule has 0 aliphatic heterocycles. The predicted molar refractivity (Wildman–Crippen MR) is 52.6 cm³/mol. The van der Waals surface area contributed by atoms with Gasteiger partial charge in [0.2, 0.25) is 6.10 Å². The fourth-order valence-electron chi connectivity index (χ4n) is 1.01. The Balaban J connectivity index is 2.45. The Labute approximate surface area is 88.0 Å². The van der Waals surface area contributed by atoms with Crippen LogP contribution < -0.4 is 0 Å². The van der Waals surface area contributed by atoms with Crippen molar-refractivity contribution in [3.8, 4) is 6.07 Å². The van der Waals surface area contributed by atoms with Gasteiger partial charge in [0.1, 0.15) is 12.7 Å². The lowest BCUT2D eigenvalue weighted by atomic mass is 10.2. The fourth-order valence-corrected chi connectivity index (χ4v) is 1.01. The highest BCUT2D eigenvalue weighted by molar-refractivity contribution is 5.77. The first-order valence-corrected chi connectivity index (χ1v) is 4.41. The van der Waals surface area contributed by atoms with Crippen molar-refractivity contribution < 1.29 is 14.3 Å². The highest BCUT2D eigenvalue weighted by Gasteiger charge is 2.17. The zero-order valence-electron chi connectivity index (χ0n) is 8.34. The predicted octanol–water partition coefficient (Wildman–Crippen LogP) is 1.27. The molecule has 1 rings (SSSR count). The summed E-state index contributed by atoms with van der Waals surface area (Å²) in [5.41, 5.74) is 0.874. The molecule has 0 radical (unpaired) electrons. The summed E-state index contributed by atoms with van der Waals surface area (Å²) in [4.78, 5) is 11.2. The zero-order chi connectivity index (χ0) is 11.1. The molecule has 0 N–H and O–H groups in total. The molecule has 0 fully saturated rings. The summed E-state index contributed by atoms with van der Waals surface area (Å²) in [6.45, 7) is 0.154. The van der Waals surface area contributed by atoms with Gasteiger partial charge in [-0.15, -0.1) is 0 Å². The van der Waals surface area contributed by atoms with Gasteiger partial charge in [-0.25, -0.2) is 4.79 Å². The summed E-state index contributed by atoms with van der Waals surface area (Å²) in [6, 6.07) is 10.9. The third kappa shape index (κ3) is 3.41. The van der Waals surface area contributed by atoms with E-state index in [-0.39, 0.29) is 6.61 Å². The summed E-state index contributed by atoms with van der Waals surface area (Å²) < 4.78 is 9.50. The average molecular weight is 205 g/mol. The van der Waals surface area contributed by atoms with E-state index in [9.17, 15) is 4.79 Å². The largest absolute Gasteiger partial charge is 0.458 e. The number of ether oxygens (including phenoxy) is 2. The van der Waals surface area contributed by atoms with Gasteiger partial charge in [0, 0.05) is 7.11 Å². The first-order chi connectivity index (χ1) is 7.27. The quantitative estimate of drug-likeness (QED) is 0.694. The molecule has 4 heteroatoms. The smallest absolute Gasteiger partial charge is 0.350 e. The Kier molecular flexibility index (Phi) is 4.32. The number of esters is 1. The lowest BCUT2D eigenvalue weighted by Crippen LogP contribution is -2.23. The van der Waals surface area contributed by atoms with Gasteiger partial charge in [-0.05, 0) is 5.56 Å². The van der Waals surface area contributed by atoms with Crippen LogP contribution in [-0.4, -0.2) is 19.2 Å². The van der Waals surface area contributed by atoms with Crippen LogP contribution in [0.15, 0.2) is 30.3 Å². The first kappa shape index (κ1) is 11.2. The fraction of sp³-hybridized carbons (Fsp3) is 0.273. The summed E-state index contributed by atoms with van der Waals surface area (Å²) in [5.74, 6) is -0.663. The second kappa shape index (κ2) is 5.78. The monoisotopic (exact) mass is 205 g/mol. The number of carbonyl (C=O) groups excluding carboxylic acids is 1. The Morgan fingerprint density at radius 2 is 2.13 bits per heavy atom. The van der Waals surface area contributed by atoms with Crippen LogP contribution >= 0.6 is 0 Å². The highest BCUT2D eigenvalue weighted by Crippen LogP contribution is 2.02. The normalized spacial score (nSPS) is 11.5. The average Bonchev–Trinajstić information content (AvgIpc) is 2.29. The van der Waals surface area contributed by atoms with Crippen LogP contribution in [0.4, 0.5) is 0 Å². The molecule has 1 unspecified atom stereocenters. The van der Waals surface area contributed by atoms with E-state index in [1.54, 1.807) is 6.07 Å². The van der Waals surface area contributed by atoms with Crippen molar-refractivity contribution in [2.24, 2.45) is 0 Å². The molecule has 0 bridgehead atoms. The lowest BCUT2D eigenvalue weighted by molar-refractivity contribution is -0.153. The van der Waals surface area contributed by atoms with E-state index < -0.39 is 12.1 Å². The lowest BCUT2D eigenvalue weighted by Gasteiger charge is -2.07. The number of rotatable bonds is 4. The van der Waals surface area contributed by atoms with Crippen molar-refractivity contribution in [1.82, 2.24) is 0 Å². The van der Waals surface area contributed by atoms with E-state index in [1.807, 2.05) is 30.3 Å². The van der Waals surface area contributed by atoms with E-state index in [0.717, 1.165) is 5.56 Å². The molecule has 4 nitrogen and oxygen atoms in total. The molecule has 0 aliphatic rings. The minimum absolute atomic E-state index is 0.154. The van der Waals surface area contributed by atoms with Gasteiger partial charge < -0.3 is 9.47 Å². The molecule has 0 aromatic heterocycles. The molecule has 0 aliphatic carbocycles. The third-order valence-corrected chi connectivity index (χ3v) is 1.79. The maximum atomic E-state index is 11.2. The molecule has 1 aromatic carbocycles. The molecular weight excluding hydrogens is 194 g/mol. The number of carbonyl (C=O) groups is 1.